The quantitative estimate of drug-likeness (QED) is 0.228. The molecule has 226 valence electrons. The summed E-state index contributed by atoms with van der Waals surface area (Å²) in [6, 6.07) is 16.4. The van der Waals surface area contributed by atoms with Crippen molar-refractivity contribution < 1.29 is 9.84 Å². The summed E-state index contributed by atoms with van der Waals surface area (Å²) in [5, 5.41) is 29.3. The molecule has 11 heteroatoms. The monoisotopic (exact) mass is 592 g/mol. The van der Waals surface area contributed by atoms with E-state index in [0.717, 1.165) is 72.0 Å². The van der Waals surface area contributed by atoms with Gasteiger partial charge in [-0.3, -0.25) is 9.36 Å². The summed E-state index contributed by atoms with van der Waals surface area (Å²) in [5.41, 5.74) is 4.88. The van der Waals surface area contributed by atoms with E-state index in [2.05, 4.69) is 57.9 Å². The van der Waals surface area contributed by atoms with Gasteiger partial charge < -0.3 is 9.84 Å². The first-order valence-electron chi connectivity index (χ1n) is 15.4. The average molecular weight is 593 g/mol. The zero-order chi connectivity index (χ0) is 30.3. The second kappa shape index (κ2) is 11.5. The summed E-state index contributed by atoms with van der Waals surface area (Å²) >= 11 is 0. The summed E-state index contributed by atoms with van der Waals surface area (Å²) in [7, 11) is 0. The Morgan fingerprint density at radius 1 is 1.05 bits per heavy atom. The van der Waals surface area contributed by atoms with Crippen LogP contribution in [-0.2, 0) is 17.6 Å². The first-order valence-corrected chi connectivity index (χ1v) is 15.4. The van der Waals surface area contributed by atoms with Crippen LogP contribution < -0.4 is 5.56 Å². The SMILES string of the molecule is CCCc1c(Cc2ccc(-c3ccccc3-c3nnn[nH]3)cc2)c(=O)n([C@H]2CC[C@H](OCC3(O)C=C3)CC2)c2nc(C)nn12. The highest BCUT2D eigenvalue weighted by atomic mass is 16.5. The van der Waals surface area contributed by atoms with Crippen LogP contribution in [0.2, 0.25) is 0 Å². The lowest BCUT2D eigenvalue weighted by molar-refractivity contribution is -0.0296. The van der Waals surface area contributed by atoms with Crippen LogP contribution in [0.3, 0.4) is 0 Å². The van der Waals surface area contributed by atoms with Gasteiger partial charge in [0, 0.05) is 23.6 Å². The first kappa shape index (κ1) is 28.3. The van der Waals surface area contributed by atoms with Crippen molar-refractivity contribution in [3.63, 3.8) is 0 Å². The fourth-order valence-electron chi connectivity index (χ4n) is 6.36. The van der Waals surface area contributed by atoms with Crippen molar-refractivity contribution in [2.75, 3.05) is 6.61 Å². The number of benzene rings is 2. The average Bonchev–Trinajstić information content (AvgIpc) is 3.38. The molecule has 11 nitrogen and oxygen atoms in total. The highest BCUT2D eigenvalue weighted by Crippen LogP contribution is 2.33. The zero-order valence-electron chi connectivity index (χ0n) is 25.0. The lowest BCUT2D eigenvalue weighted by Crippen LogP contribution is -2.35. The number of aryl methyl sites for hydroxylation is 2. The molecule has 44 heavy (non-hydrogen) atoms. The fraction of sp³-hybridized carbons (Fsp3) is 0.394. The normalized spacial score (nSPS) is 19.1. The highest BCUT2D eigenvalue weighted by Gasteiger charge is 2.34. The Kier molecular flexibility index (Phi) is 7.43. The van der Waals surface area contributed by atoms with E-state index in [1.807, 2.05) is 34.2 Å². The van der Waals surface area contributed by atoms with Gasteiger partial charge in [-0.05, 0) is 78.3 Å². The molecule has 0 unspecified atom stereocenters. The number of nitrogens with zero attached hydrogens (tertiary/aromatic N) is 7. The maximum absolute atomic E-state index is 14.4. The molecule has 2 aliphatic carbocycles. The van der Waals surface area contributed by atoms with E-state index in [0.29, 0.717) is 30.5 Å². The largest absolute Gasteiger partial charge is 0.379 e. The van der Waals surface area contributed by atoms with Gasteiger partial charge in [0.25, 0.3) is 5.56 Å². The molecular formula is C33H36N8O3. The Labute approximate surface area is 254 Å². The molecule has 1 fully saturated rings. The van der Waals surface area contributed by atoms with Gasteiger partial charge in [0.05, 0.1) is 18.4 Å². The third kappa shape index (κ3) is 5.48. The number of aromatic amines is 1. The lowest BCUT2D eigenvalue weighted by Gasteiger charge is -2.31. The molecule has 0 amide bonds. The van der Waals surface area contributed by atoms with Crippen LogP contribution >= 0.6 is 0 Å². The molecular weight excluding hydrogens is 556 g/mol. The third-order valence-electron chi connectivity index (χ3n) is 8.76. The zero-order valence-corrected chi connectivity index (χ0v) is 25.0. The van der Waals surface area contributed by atoms with E-state index in [1.165, 1.54) is 0 Å². The molecule has 0 saturated heterocycles. The molecule has 0 aliphatic heterocycles. The van der Waals surface area contributed by atoms with Gasteiger partial charge in [-0.25, -0.2) is 9.61 Å². The van der Waals surface area contributed by atoms with E-state index < -0.39 is 5.60 Å². The summed E-state index contributed by atoms with van der Waals surface area (Å²) in [4.78, 5) is 19.1. The molecule has 0 radical (unpaired) electrons. The Balaban J connectivity index is 1.19. The van der Waals surface area contributed by atoms with Crippen molar-refractivity contribution in [3.8, 4) is 22.5 Å². The van der Waals surface area contributed by atoms with Gasteiger partial charge in [0.15, 0.2) is 5.82 Å². The van der Waals surface area contributed by atoms with Crippen LogP contribution in [0.5, 0.6) is 0 Å². The van der Waals surface area contributed by atoms with Crippen molar-refractivity contribution in [2.45, 2.75) is 76.5 Å². The molecule has 5 aromatic rings. The predicted molar refractivity (Wildman–Crippen MR) is 165 cm³/mol. The Hall–Kier alpha value is -4.48. The summed E-state index contributed by atoms with van der Waals surface area (Å²) < 4.78 is 9.79. The standard InChI is InChI=1S/C33H36N8O3/c1-3-6-29-28(19-22-9-11-23(12-10-22)26-7-4-5-8-27(26)30-35-38-39-36-30)31(42)40(32-34-21(2)37-41(29)32)24-13-15-25(16-14-24)44-20-33(43)17-18-33/h4-5,7-12,17-18,24-25,43H,3,6,13-16,19-20H2,1-2H3,(H,35,36,38,39)/t24-,25-. The number of hydrogen-bond acceptors (Lipinski definition) is 8. The molecule has 1 saturated carbocycles. The van der Waals surface area contributed by atoms with Crippen molar-refractivity contribution in [2.24, 2.45) is 0 Å². The van der Waals surface area contributed by atoms with Crippen molar-refractivity contribution >= 4 is 5.78 Å². The van der Waals surface area contributed by atoms with Gasteiger partial charge in [-0.15, -0.1) is 5.10 Å². The third-order valence-corrected chi connectivity index (χ3v) is 8.76. The maximum atomic E-state index is 14.4. The van der Waals surface area contributed by atoms with Crippen molar-refractivity contribution in [3.05, 3.63) is 93.7 Å². The van der Waals surface area contributed by atoms with Crippen LogP contribution in [-0.4, -0.2) is 63.2 Å². The second-order valence-electron chi connectivity index (χ2n) is 12.0. The second-order valence-corrected chi connectivity index (χ2v) is 12.0. The lowest BCUT2D eigenvalue weighted by atomic mass is 9.92. The Bertz CT molecular complexity index is 1860. The van der Waals surface area contributed by atoms with Gasteiger partial charge >= 0.3 is 0 Å². The van der Waals surface area contributed by atoms with E-state index in [1.54, 1.807) is 12.2 Å². The Morgan fingerprint density at radius 3 is 2.48 bits per heavy atom. The molecule has 3 heterocycles. The smallest absolute Gasteiger partial charge is 0.259 e. The molecule has 0 atom stereocenters. The number of H-pyrrole nitrogens is 1. The summed E-state index contributed by atoms with van der Waals surface area (Å²) in [5.74, 6) is 1.89. The highest BCUT2D eigenvalue weighted by molar-refractivity contribution is 5.80. The number of aromatic nitrogens is 8. The molecule has 3 aromatic heterocycles. The van der Waals surface area contributed by atoms with Gasteiger partial charge in [-0.2, -0.15) is 10.1 Å². The van der Waals surface area contributed by atoms with Crippen LogP contribution in [0.15, 0.2) is 65.5 Å². The van der Waals surface area contributed by atoms with Crippen LogP contribution in [0.4, 0.5) is 0 Å². The van der Waals surface area contributed by atoms with E-state index in [9.17, 15) is 9.90 Å². The number of fused-ring (bicyclic) bond motifs is 1. The first-order chi connectivity index (χ1) is 21.4. The number of nitrogens with one attached hydrogen (secondary N) is 1. The maximum Gasteiger partial charge on any atom is 0.259 e. The number of ether oxygens (including phenoxy) is 1. The molecule has 2 N–H and O–H groups in total. The number of hydrogen-bond donors (Lipinski definition) is 2. The van der Waals surface area contributed by atoms with E-state index >= 15 is 0 Å². The molecule has 2 aromatic carbocycles. The fourth-order valence-corrected chi connectivity index (χ4v) is 6.36. The Morgan fingerprint density at radius 2 is 1.80 bits per heavy atom. The van der Waals surface area contributed by atoms with Crippen molar-refractivity contribution in [1.82, 2.24) is 39.8 Å². The van der Waals surface area contributed by atoms with Gasteiger partial charge in [0.2, 0.25) is 5.78 Å². The molecule has 0 bridgehead atoms. The van der Waals surface area contributed by atoms with E-state index in [-0.39, 0.29) is 17.7 Å². The molecule has 0 spiro atoms. The minimum absolute atomic E-state index is 0.00877. The summed E-state index contributed by atoms with van der Waals surface area (Å²) in [6.07, 6.45) is 8.97. The molecule has 2 aliphatic rings. The topological polar surface area (TPSA) is 136 Å². The van der Waals surface area contributed by atoms with Crippen LogP contribution in [0, 0.1) is 6.92 Å². The number of tetrazole rings is 1. The van der Waals surface area contributed by atoms with E-state index in [4.69, 9.17) is 14.8 Å². The van der Waals surface area contributed by atoms with Crippen LogP contribution in [0.1, 0.15) is 67.7 Å². The van der Waals surface area contributed by atoms with Gasteiger partial charge in [0.1, 0.15) is 11.4 Å². The predicted octanol–water partition coefficient (Wildman–Crippen LogP) is 4.39. The minimum atomic E-state index is -0.862. The van der Waals surface area contributed by atoms with Crippen molar-refractivity contribution in [1.29, 1.82) is 0 Å². The van der Waals surface area contributed by atoms with Crippen LogP contribution in [0.25, 0.3) is 28.3 Å². The number of aliphatic hydroxyl groups is 1. The minimum Gasteiger partial charge on any atom is -0.379 e. The summed E-state index contributed by atoms with van der Waals surface area (Å²) in [6.45, 7) is 4.30. The van der Waals surface area contributed by atoms with Gasteiger partial charge in [-0.1, -0.05) is 61.9 Å². The number of rotatable bonds is 10. The molecule has 7 rings (SSSR count).